The van der Waals surface area contributed by atoms with E-state index in [1.807, 2.05) is 65.8 Å². The van der Waals surface area contributed by atoms with Crippen LogP contribution in [0.25, 0.3) is 43.6 Å². The molecule has 0 bridgehead atoms. The average molecular weight is 587 g/mol. The van der Waals surface area contributed by atoms with Gasteiger partial charge in [-0.15, -0.1) is 0 Å². The van der Waals surface area contributed by atoms with E-state index in [-0.39, 0.29) is 13.0 Å². The van der Waals surface area contributed by atoms with Crippen molar-refractivity contribution in [1.29, 1.82) is 0 Å². The summed E-state index contributed by atoms with van der Waals surface area (Å²) in [6.07, 6.45) is 3.05. The van der Waals surface area contributed by atoms with Crippen molar-refractivity contribution in [3.63, 3.8) is 0 Å². The largest absolute Gasteiger partial charge is 0.350 e. The van der Waals surface area contributed by atoms with Crippen LogP contribution in [0.1, 0.15) is 41.5 Å². The highest BCUT2D eigenvalue weighted by Gasteiger charge is 2.10. The summed E-state index contributed by atoms with van der Waals surface area (Å²) < 4.78 is 4.33. The summed E-state index contributed by atoms with van der Waals surface area (Å²) in [7, 11) is 35.6. The second kappa shape index (κ2) is 23.4. The monoisotopic (exact) mass is 588 g/mol. The Morgan fingerprint density at radius 2 is 0.870 bits per heavy atom. The molecule has 12 heteroatoms. The molecular weight excluding hydrogens is 545 g/mol. The summed E-state index contributed by atoms with van der Waals surface area (Å²) >= 11 is 0. The molecule has 46 heavy (non-hydrogen) atoms. The third-order valence-electron chi connectivity index (χ3n) is 6.89. The Kier molecular flexibility index (Phi) is 21.0. The second-order valence-corrected chi connectivity index (χ2v) is 9.86. The molecule has 4 aromatic carbocycles. The van der Waals surface area contributed by atoms with Crippen molar-refractivity contribution in [2.45, 2.75) is 67.1 Å². The van der Waals surface area contributed by atoms with E-state index in [0.29, 0.717) is 12.9 Å². The summed E-state index contributed by atoms with van der Waals surface area (Å²) in [5.74, 6) is 0. The van der Waals surface area contributed by atoms with Crippen LogP contribution >= 0.6 is 0 Å². The molecule has 0 aliphatic carbocycles. The fourth-order valence-corrected chi connectivity index (χ4v) is 4.75. The highest BCUT2D eigenvalue weighted by Crippen LogP contribution is 2.29. The maximum atomic E-state index is 5.79. The predicted molar refractivity (Wildman–Crippen MR) is 220 cm³/mol. The molecule has 2 nitrogen and oxygen atoms in total. The molecule has 0 spiro atoms. The van der Waals surface area contributed by atoms with E-state index in [1.54, 1.807) is 7.17 Å². The van der Waals surface area contributed by atoms with Gasteiger partial charge in [0.15, 0.2) is 0 Å². The van der Waals surface area contributed by atoms with Gasteiger partial charge in [0, 0.05) is 95.9 Å². The maximum absolute atomic E-state index is 5.79. The quantitative estimate of drug-likeness (QED) is 0.190. The zero-order valence-electron chi connectivity index (χ0n) is 28.7. The van der Waals surface area contributed by atoms with Crippen molar-refractivity contribution >= 4 is 117 Å². The number of fused-ring (bicyclic) bond motifs is 6. The highest BCUT2D eigenvalue weighted by atomic mass is 15.0. The molecule has 0 atom stereocenters. The molecule has 0 amide bonds. The van der Waals surface area contributed by atoms with Crippen LogP contribution in [0.2, 0.25) is 12.6 Å². The number of hydrogen-bond acceptors (Lipinski definition) is 0. The van der Waals surface area contributed by atoms with Crippen molar-refractivity contribution in [3.8, 4) is 0 Å². The zero-order valence-corrected chi connectivity index (χ0v) is 28.7. The fraction of sp³-hybridized carbons (Fsp3) is 0.294. The van der Waals surface area contributed by atoms with E-state index in [1.165, 1.54) is 50.7 Å². The van der Waals surface area contributed by atoms with Crippen LogP contribution in [0.4, 0.5) is 0 Å². The highest BCUT2D eigenvalue weighted by molar-refractivity contribution is 7.46. The van der Waals surface area contributed by atoms with Crippen LogP contribution in [0, 0.1) is 0 Å². The summed E-state index contributed by atoms with van der Waals surface area (Å²) in [6.45, 7) is 11.7. The number of para-hydroxylation sites is 4. The minimum Gasteiger partial charge on any atom is -0.350 e. The smallest absolute Gasteiger partial charge is 0.0948 e. The lowest BCUT2D eigenvalue weighted by molar-refractivity contribution is 0.966. The summed E-state index contributed by atoms with van der Waals surface area (Å²) in [5, 5.41) is 5.06. The van der Waals surface area contributed by atoms with Gasteiger partial charge in [-0.3, -0.25) is 0 Å². The van der Waals surface area contributed by atoms with Crippen LogP contribution in [0.5, 0.6) is 0 Å². The van der Waals surface area contributed by atoms with E-state index < -0.39 is 0 Å². The standard InChI is InChI=1S/C13H10B3N.C13H10BN.C2H5B4.C2H5B2.2C2H6/c14-16(15)9-17-12-7-3-1-5-10(12)11-6-2-4-8-13(11)17;14-9-15-12-7-3-1-5-10(12)11-6-2-4-8-13(11)15;1-2-6(4)5-3;1-2-4-3;2*1-2/h1-8H,9H2;1-8H,9H2;2H2,1H3;2H2,1H3;2*1-2H3. The van der Waals surface area contributed by atoms with Crippen LogP contribution < -0.4 is 0 Å². The van der Waals surface area contributed by atoms with Gasteiger partial charge < -0.3 is 9.13 Å². The van der Waals surface area contributed by atoms with Gasteiger partial charge in [0.25, 0.3) is 0 Å². The molecule has 0 saturated carbocycles. The average Bonchev–Trinajstić information content (AvgIpc) is 3.62. The molecule has 0 unspecified atom stereocenters. The van der Waals surface area contributed by atoms with Gasteiger partial charge in [-0.25, -0.2) is 0 Å². The minimum atomic E-state index is -0.339. The summed E-state index contributed by atoms with van der Waals surface area (Å²) in [4.78, 5) is 0. The Bertz CT molecular complexity index is 1550. The van der Waals surface area contributed by atoms with Crippen molar-refractivity contribution in [2.75, 3.05) is 0 Å². The van der Waals surface area contributed by atoms with Gasteiger partial charge in [0.2, 0.25) is 0 Å². The maximum Gasteiger partial charge on any atom is 0.0948 e. The van der Waals surface area contributed by atoms with Crippen LogP contribution in [0.15, 0.2) is 97.1 Å². The van der Waals surface area contributed by atoms with Gasteiger partial charge in [0.05, 0.1) is 21.5 Å². The van der Waals surface area contributed by atoms with Crippen LogP contribution in [-0.4, -0.2) is 82.9 Å². The Balaban J connectivity index is 0.000000332. The minimum absolute atomic E-state index is 0.0880. The van der Waals surface area contributed by atoms with E-state index >= 15 is 0 Å². The molecule has 0 aliphatic rings. The summed E-state index contributed by atoms with van der Waals surface area (Å²) in [6, 6.07) is 33.4. The Morgan fingerprint density at radius 1 is 0.565 bits per heavy atom. The Hall–Kier alpha value is -2.87. The molecular formula is C34H42B10N2. The molecule has 0 aliphatic heterocycles. The van der Waals surface area contributed by atoms with Crippen molar-refractivity contribution in [2.24, 2.45) is 0 Å². The van der Waals surface area contributed by atoms with Gasteiger partial charge in [-0.05, 0) is 37.2 Å². The molecule has 14 radical (unpaired) electrons. The van der Waals surface area contributed by atoms with Crippen molar-refractivity contribution in [1.82, 2.24) is 9.13 Å². The normalized spacial score (nSPS) is 9.52. The number of aromatic nitrogens is 2. The first-order valence-electron chi connectivity index (χ1n) is 16.4. The van der Waals surface area contributed by atoms with E-state index in [9.17, 15) is 0 Å². The fourth-order valence-electron chi connectivity index (χ4n) is 4.75. The number of hydrogen-bond donors (Lipinski definition) is 0. The van der Waals surface area contributed by atoms with Gasteiger partial charge in [-0.1, -0.05) is 127 Å². The van der Waals surface area contributed by atoms with Gasteiger partial charge in [-0.2, -0.15) is 0 Å². The van der Waals surface area contributed by atoms with Crippen molar-refractivity contribution in [3.05, 3.63) is 97.1 Å². The molecule has 2 aromatic heterocycles. The molecule has 6 aromatic rings. The molecule has 0 N–H and O–H groups in total. The summed E-state index contributed by atoms with van der Waals surface area (Å²) in [5.41, 5.74) is 4.80. The SMILES string of the molecule is CC.CC.[B]B([B])Cn1c2ccccc2c2ccccc21.[B]Cn1c2ccccc2c2ccccc21.[B][B]B([B])CC.[B][B]CC. The number of nitrogens with zero attached hydrogens (tertiary/aromatic N) is 2. The third-order valence-corrected chi connectivity index (χ3v) is 6.89. The second-order valence-electron chi connectivity index (χ2n) is 9.86. The first-order chi connectivity index (χ1) is 22.4. The molecule has 0 fully saturated rings. The van der Waals surface area contributed by atoms with E-state index in [4.69, 9.17) is 46.5 Å². The first kappa shape index (κ1) is 41.2. The van der Waals surface area contributed by atoms with Crippen LogP contribution in [0.3, 0.4) is 0 Å². The first-order valence-corrected chi connectivity index (χ1v) is 16.4. The molecule has 6 rings (SSSR count). The lowest BCUT2D eigenvalue weighted by atomic mass is 9.04. The number of rotatable bonds is 6. The molecule has 0 saturated heterocycles. The number of benzene rings is 4. The Labute approximate surface area is 289 Å². The molecule has 218 valence electrons. The van der Waals surface area contributed by atoms with Crippen LogP contribution in [-0.2, 0) is 12.9 Å². The lowest BCUT2D eigenvalue weighted by Crippen LogP contribution is -2.22. The van der Waals surface area contributed by atoms with E-state index in [0.717, 1.165) is 12.6 Å². The van der Waals surface area contributed by atoms with E-state index in [2.05, 4.69) is 81.9 Å². The predicted octanol–water partition coefficient (Wildman–Crippen LogP) is 6.79. The zero-order chi connectivity index (χ0) is 34.5. The molecule has 2 heterocycles. The van der Waals surface area contributed by atoms with Gasteiger partial charge >= 0.3 is 0 Å². The van der Waals surface area contributed by atoms with Crippen molar-refractivity contribution < 1.29 is 0 Å². The Morgan fingerprint density at radius 3 is 1.09 bits per heavy atom. The lowest BCUT2D eigenvalue weighted by Gasteiger charge is -2.09. The van der Waals surface area contributed by atoms with Gasteiger partial charge in [0.1, 0.15) is 0 Å². The topological polar surface area (TPSA) is 9.86 Å². The third kappa shape index (κ3) is 11.4.